The molecule has 3 N–H and O–H groups in total. The van der Waals surface area contributed by atoms with Gasteiger partial charge in [-0.2, -0.15) is 18.3 Å². The maximum atomic E-state index is 12.9. The van der Waals surface area contributed by atoms with Gasteiger partial charge in [0.05, 0.1) is 23.3 Å². The summed E-state index contributed by atoms with van der Waals surface area (Å²) in [6, 6.07) is 10.3. The molecule has 4 aromatic rings. The Bertz CT molecular complexity index is 1520. The summed E-state index contributed by atoms with van der Waals surface area (Å²) in [5.74, 6) is -1.38. The van der Waals surface area contributed by atoms with Crippen molar-refractivity contribution in [2.45, 2.75) is 52.0 Å². The zero-order chi connectivity index (χ0) is 28.8. The highest BCUT2D eigenvalue weighted by atomic mass is 19.4. The number of phenols is 1. The predicted octanol–water partition coefficient (Wildman–Crippen LogP) is 4.55. The maximum absolute atomic E-state index is 12.9. The number of carbonyl (C=O) groups excluding carboxylic acids is 1. The van der Waals surface area contributed by atoms with E-state index in [0.717, 1.165) is 16.8 Å². The lowest BCUT2D eigenvalue weighted by Gasteiger charge is -2.36. The number of carbonyl (C=O) groups is 1. The van der Waals surface area contributed by atoms with Crippen molar-refractivity contribution in [1.29, 1.82) is 0 Å². The molecule has 1 aliphatic heterocycles. The molecule has 0 saturated carbocycles. The Kier molecular flexibility index (Phi) is 7.17. The lowest BCUT2D eigenvalue weighted by molar-refractivity contribution is -0.123. The van der Waals surface area contributed by atoms with Crippen LogP contribution >= 0.6 is 0 Å². The van der Waals surface area contributed by atoms with Crippen LogP contribution < -0.4 is 10.2 Å². The van der Waals surface area contributed by atoms with Crippen LogP contribution in [0.15, 0.2) is 36.4 Å². The Balaban J connectivity index is 1.60. The number of amides is 1. The first-order valence-corrected chi connectivity index (χ1v) is 12.9. The van der Waals surface area contributed by atoms with Gasteiger partial charge in [-0.25, -0.2) is 0 Å². The SMILES string of the molecule is CC1CN(c2ccc(-n3c(C(=O)NCC(F)(F)F)nnc3-c3cc4c(C(C)C)[nH]nc4cc3O)cc2)CC(C)O1. The summed E-state index contributed by atoms with van der Waals surface area (Å²) in [4.78, 5) is 15.1. The van der Waals surface area contributed by atoms with Crippen molar-refractivity contribution in [2.75, 3.05) is 24.5 Å². The normalized spacial score (nSPS) is 18.1. The standard InChI is InChI=1S/C27H30F3N7O3/c1-14(2)23-19-9-20(22(38)10-21(19)32-33-23)24-34-35-25(26(39)31-13-27(28,29)30)37(24)18-7-5-17(6-8-18)36-11-15(3)40-16(4)12-36/h5-10,14-16,38H,11-13H2,1-4H3,(H,31,39)(H,32,33). The highest BCUT2D eigenvalue weighted by Crippen LogP contribution is 2.36. The molecule has 1 aliphatic rings. The molecule has 212 valence electrons. The molecule has 3 heterocycles. The molecule has 2 unspecified atom stereocenters. The van der Waals surface area contributed by atoms with Gasteiger partial charge in [-0.05, 0) is 50.1 Å². The molecule has 5 rings (SSSR count). The first kappa shape index (κ1) is 27.4. The highest BCUT2D eigenvalue weighted by Gasteiger charge is 2.31. The van der Waals surface area contributed by atoms with E-state index in [2.05, 4.69) is 25.3 Å². The summed E-state index contributed by atoms with van der Waals surface area (Å²) < 4.78 is 45.7. The number of ether oxygens (including phenoxy) is 1. The van der Waals surface area contributed by atoms with Crippen molar-refractivity contribution in [3.63, 3.8) is 0 Å². The average Bonchev–Trinajstić information content (AvgIpc) is 3.50. The third kappa shape index (κ3) is 5.46. The van der Waals surface area contributed by atoms with Crippen LogP contribution in [0.1, 0.15) is 49.9 Å². The molecule has 13 heteroatoms. The Morgan fingerprint density at radius 3 is 2.40 bits per heavy atom. The molecular formula is C27H30F3N7O3. The Morgan fingerprint density at radius 2 is 1.77 bits per heavy atom. The molecule has 10 nitrogen and oxygen atoms in total. The van der Waals surface area contributed by atoms with Gasteiger partial charge in [-0.3, -0.25) is 14.5 Å². The number of nitrogens with one attached hydrogen (secondary N) is 2. The van der Waals surface area contributed by atoms with Crippen LogP contribution in [0.5, 0.6) is 5.75 Å². The number of rotatable bonds is 6. The first-order valence-electron chi connectivity index (χ1n) is 12.9. The van der Waals surface area contributed by atoms with Gasteiger partial charge >= 0.3 is 6.18 Å². The lowest BCUT2D eigenvalue weighted by Crippen LogP contribution is -2.45. The number of aromatic amines is 1. The van der Waals surface area contributed by atoms with Gasteiger partial charge in [0.2, 0.25) is 5.82 Å². The number of fused-ring (bicyclic) bond motifs is 1. The van der Waals surface area contributed by atoms with E-state index >= 15 is 0 Å². The number of H-pyrrole nitrogens is 1. The van der Waals surface area contributed by atoms with E-state index in [9.17, 15) is 23.1 Å². The molecule has 0 spiro atoms. The Labute approximate surface area is 228 Å². The second-order valence-electron chi connectivity index (χ2n) is 10.3. The molecule has 1 amide bonds. The monoisotopic (exact) mass is 557 g/mol. The van der Waals surface area contributed by atoms with Crippen LogP contribution in [-0.2, 0) is 4.74 Å². The highest BCUT2D eigenvalue weighted by molar-refractivity contribution is 5.93. The van der Waals surface area contributed by atoms with Crippen LogP contribution in [0.3, 0.4) is 0 Å². The predicted molar refractivity (Wildman–Crippen MR) is 143 cm³/mol. The van der Waals surface area contributed by atoms with Crippen LogP contribution in [-0.4, -0.2) is 74.0 Å². The topological polar surface area (TPSA) is 121 Å². The number of halogens is 3. The van der Waals surface area contributed by atoms with Crippen LogP contribution in [0.4, 0.5) is 18.9 Å². The molecule has 40 heavy (non-hydrogen) atoms. The number of morpholine rings is 1. The smallest absolute Gasteiger partial charge is 0.405 e. The van der Waals surface area contributed by atoms with Crippen molar-refractivity contribution in [3.8, 4) is 22.8 Å². The molecule has 0 bridgehead atoms. The van der Waals surface area contributed by atoms with Gasteiger partial charge in [0, 0.05) is 41.6 Å². The number of aromatic nitrogens is 5. The van der Waals surface area contributed by atoms with Crippen molar-refractivity contribution in [1.82, 2.24) is 30.3 Å². The Morgan fingerprint density at radius 1 is 1.12 bits per heavy atom. The Hall–Kier alpha value is -4.13. The zero-order valence-electron chi connectivity index (χ0n) is 22.5. The third-order valence-corrected chi connectivity index (χ3v) is 6.73. The molecule has 1 fully saturated rings. The number of phenolic OH excluding ortho intramolecular Hbond substituents is 1. The van der Waals surface area contributed by atoms with Gasteiger partial charge in [0.15, 0.2) is 5.82 Å². The van der Waals surface area contributed by atoms with Crippen LogP contribution in [0.2, 0.25) is 0 Å². The number of hydrogen-bond donors (Lipinski definition) is 3. The number of nitrogens with zero attached hydrogens (tertiary/aromatic N) is 5. The number of anilines is 1. The van der Waals surface area contributed by atoms with E-state index in [-0.39, 0.29) is 41.1 Å². The quantitative estimate of drug-likeness (QED) is 0.318. The molecule has 0 aliphatic carbocycles. The largest absolute Gasteiger partial charge is 0.507 e. The molecular weight excluding hydrogens is 527 g/mol. The molecule has 2 aromatic heterocycles. The second kappa shape index (κ2) is 10.5. The first-order chi connectivity index (χ1) is 18.9. The summed E-state index contributed by atoms with van der Waals surface area (Å²) >= 11 is 0. The van der Waals surface area contributed by atoms with Gasteiger partial charge in [-0.15, -0.1) is 10.2 Å². The van der Waals surface area contributed by atoms with Crippen LogP contribution in [0, 0.1) is 0 Å². The zero-order valence-corrected chi connectivity index (χ0v) is 22.5. The van der Waals surface area contributed by atoms with Crippen molar-refractivity contribution >= 4 is 22.5 Å². The minimum atomic E-state index is -4.60. The van der Waals surface area contributed by atoms with Gasteiger partial charge in [0.25, 0.3) is 5.91 Å². The molecule has 1 saturated heterocycles. The summed E-state index contributed by atoms with van der Waals surface area (Å²) in [5, 5.41) is 28.8. The van der Waals surface area contributed by atoms with E-state index in [1.54, 1.807) is 18.2 Å². The van der Waals surface area contributed by atoms with Crippen molar-refractivity contribution in [3.05, 3.63) is 47.9 Å². The van der Waals surface area contributed by atoms with E-state index in [1.165, 1.54) is 10.6 Å². The summed E-state index contributed by atoms with van der Waals surface area (Å²) in [6.45, 7) is 7.85. The van der Waals surface area contributed by atoms with Crippen LogP contribution in [0.25, 0.3) is 28.0 Å². The summed E-state index contributed by atoms with van der Waals surface area (Å²) in [7, 11) is 0. The lowest BCUT2D eigenvalue weighted by atomic mass is 10.0. The summed E-state index contributed by atoms with van der Waals surface area (Å²) in [5.41, 5.74) is 2.98. The van der Waals surface area contributed by atoms with E-state index in [0.29, 0.717) is 24.3 Å². The van der Waals surface area contributed by atoms with E-state index in [1.807, 2.05) is 45.1 Å². The number of benzene rings is 2. The maximum Gasteiger partial charge on any atom is 0.405 e. The fourth-order valence-electron chi connectivity index (χ4n) is 5.00. The van der Waals surface area contributed by atoms with E-state index in [4.69, 9.17) is 4.74 Å². The molecule has 0 radical (unpaired) electrons. The minimum absolute atomic E-state index is 0.0494. The van der Waals surface area contributed by atoms with Gasteiger partial charge in [-0.1, -0.05) is 13.8 Å². The van der Waals surface area contributed by atoms with Gasteiger partial charge < -0.3 is 20.1 Å². The second-order valence-corrected chi connectivity index (χ2v) is 10.3. The van der Waals surface area contributed by atoms with Gasteiger partial charge in [0.1, 0.15) is 12.3 Å². The molecule has 2 atom stereocenters. The number of hydrogen-bond acceptors (Lipinski definition) is 7. The molecule has 2 aromatic carbocycles. The fourth-order valence-corrected chi connectivity index (χ4v) is 5.00. The van der Waals surface area contributed by atoms with Crippen molar-refractivity contribution < 1.29 is 27.8 Å². The van der Waals surface area contributed by atoms with Crippen molar-refractivity contribution in [2.24, 2.45) is 0 Å². The minimum Gasteiger partial charge on any atom is -0.507 e. The third-order valence-electron chi connectivity index (χ3n) is 6.73. The number of alkyl halides is 3. The number of aromatic hydroxyl groups is 1. The summed E-state index contributed by atoms with van der Waals surface area (Å²) in [6.07, 6.45) is -4.50. The van der Waals surface area contributed by atoms with E-state index < -0.39 is 18.6 Å². The average molecular weight is 558 g/mol. The fraction of sp³-hybridized carbons (Fsp3) is 0.407.